The second-order valence-corrected chi connectivity index (χ2v) is 11.7. The van der Waals surface area contributed by atoms with E-state index in [4.69, 9.17) is 5.73 Å². The molecule has 0 radical (unpaired) electrons. The third-order valence-electron chi connectivity index (χ3n) is 7.26. The second kappa shape index (κ2) is 9.23. The largest absolute Gasteiger partial charge is 0.369 e. The highest BCUT2D eigenvalue weighted by Crippen LogP contribution is 2.39. The molecule has 0 atom stereocenters. The van der Waals surface area contributed by atoms with Gasteiger partial charge in [0, 0.05) is 47.3 Å². The first-order valence-electron chi connectivity index (χ1n) is 11.7. The van der Waals surface area contributed by atoms with Gasteiger partial charge >= 0.3 is 0 Å². The van der Waals surface area contributed by atoms with Gasteiger partial charge in [-0.15, -0.1) is 0 Å². The summed E-state index contributed by atoms with van der Waals surface area (Å²) >= 11 is 1.91. The first-order chi connectivity index (χ1) is 16.0. The van der Waals surface area contributed by atoms with Gasteiger partial charge in [0.1, 0.15) is 11.8 Å². The minimum Gasteiger partial charge on any atom is -0.369 e. The van der Waals surface area contributed by atoms with Crippen LogP contribution in [0, 0.1) is 17.1 Å². The Kier molecular flexibility index (Phi) is 6.67. The van der Waals surface area contributed by atoms with Crippen LogP contribution in [0.15, 0.2) is 18.2 Å². The van der Waals surface area contributed by atoms with Crippen LogP contribution in [0.25, 0.3) is 11.3 Å². The van der Waals surface area contributed by atoms with Gasteiger partial charge in [-0.2, -0.15) is 22.0 Å². The van der Waals surface area contributed by atoms with Crippen molar-refractivity contribution in [3.05, 3.63) is 29.6 Å². The number of hydrogen-bond acceptors (Lipinski definition) is 8. The molecule has 2 saturated heterocycles. The summed E-state index contributed by atoms with van der Waals surface area (Å²) in [7, 11) is 2.14. The van der Waals surface area contributed by atoms with E-state index in [1.165, 1.54) is 0 Å². The van der Waals surface area contributed by atoms with E-state index in [0.717, 1.165) is 43.1 Å². The molecule has 0 amide bonds. The molecule has 0 aliphatic carbocycles. The molecule has 2 aliphatic heterocycles. The molecule has 2 aromatic rings. The van der Waals surface area contributed by atoms with Gasteiger partial charge in [0.15, 0.2) is 11.6 Å². The molecule has 1 aromatic carbocycles. The minimum atomic E-state index is -0.547. The Hall–Kier alpha value is -2.57. The summed E-state index contributed by atoms with van der Waals surface area (Å²) in [6.45, 7) is 10.6. The van der Waals surface area contributed by atoms with Crippen molar-refractivity contribution in [3.8, 4) is 17.3 Å². The van der Waals surface area contributed by atoms with Crippen LogP contribution in [0.2, 0.25) is 0 Å². The van der Waals surface area contributed by atoms with Crippen molar-refractivity contribution in [2.24, 2.45) is 0 Å². The number of nitriles is 1. The second-order valence-electron chi connectivity index (χ2n) is 10.5. The molecule has 1 aromatic heterocycles. The molecular formula is C25H34FN7S. The van der Waals surface area contributed by atoms with E-state index in [1.54, 1.807) is 6.07 Å². The maximum absolute atomic E-state index is 15.7. The maximum Gasteiger partial charge on any atom is 0.222 e. The lowest BCUT2D eigenvalue weighted by atomic mass is 9.77. The average molecular weight is 484 g/mol. The number of nitrogens with two attached hydrogens (primary N) is 1. The SMILES string of the molecule is CN1C(C)(C)CC(Nc2nc(N)nc(-c3ccc(N4CCSCC4)c(C#N)c3)c2F)CC1(C)C. The van der Waals surface area contributed by atoms with Gasteiger partial charge in [0.25, 0.3) is 0 Å². The molecule has 9 heteroatoms. The molecule has 3 heterocycles. The van der Waals surface area contributed by atoms with Crippen molar-refractivity contribution in [2.75, 3.05) is 47.6 Å². The van der Waals surface area contributed by atoms with Crippen LogP contribution in [-0.4, -0.2) is 63.6 Å². The number of nitrogens with one attached hydrogen (secondary N) is 1. The molecule has 2 aliphatic rings. The Balaban J connectivity index is 1.65. The summed E-state index contributed by atoms with van der Waals surface area (Å²) in [4.78, 5) is 13.0. The van der Waals surface area contributed by atoms with E-state index in [1.807, 2.05) is 23.9 Å². The predicted molar refractivity (Wildman–Crippen MR) is 139 cm³/mol. The van der Waals surface area contributed by atoms with Crippen molar-refractivity contribution >= 4 is 29.2 Å². The van der Waals surface area contributed by atoms with E-state index >= 15 is 4.39 Å². The zero-order valence-electron chi connectivity index (χ0n) is 20.7. The van der Waals surface area contributed by atoms with Crippen LogP contribution >= 0.6 is 11.8 Å². The summed E-state index contributed by atoms with van der Waals surface area (Å²) in [5.74, 6) is 1.63. The molecule has 0 spiro atoms. The van der Waals surface area contributed by atoms with Crippen molar-refractivity contribution in [1.29, 1.82) is 5.26 Å². The zero-order chi connectivity index (χ0) is 24.7. The Morgan fingerprint density at radius 1 is 1.15 bits per heavy atom. The third-order valence-corrected chi connectivity index (χ3v) is 8.20. The molecule has 182 valence electrons. The minimum absolute atomic E-state index is 0.000914. The summed E-state index contributed by atoms with van der Waals surface area (Å²) in [5.41, 5.74) is 7.91. The molecule has 7 nitrogen and oxygen atoms in total. The van der Waals surface area contributed by atoms with Gasteiger partial charge in [0.05, 0.1) is 11.3 Å². The molecule has 4 rings (SSSR count). The normalized spacial score (nSPS) is 20.7. The number of likely N-dealkylation sites (tertiary alicyclic amines) is 1. The fourth-order valence-corrected chi connectivity index (χ4v) is 6.17. The molecular weight excluding hydrogens is 449 g/mol. The first kappa shape index (κ1) is 24.6. The summed E-state index contributed by atoms with van der Waals surface area (Å²) in [6.07, 6.45) is 1.68. The van der Waals surface area contributed by atoms with E-state index in [0.29, 0.717) is 11.1 Å². The molecule has 0 saturated carbocycles. The first-order valence-corrected chi connectivity index (χ1v) is 12.9. The smallest absolute Gasteiger partial charge is 0.222 e. The summed E-state index contributed by atoms with van der Waals surface area (Å²) in [6, 6.07) is 7.71. The Labute approximate surface area is 205 Å². The van der Waals surface area contributed by atoms with Crippen LogP contribution in [-0.2, 0) is 0 Å². The number of thioether (sulfide) groups is 1. The van der Waals surface area contributed by atoms with Gasteiger partial charge in [-0.25, -0.2) is 9.37 Å². The van der Waals surface area contributed by atoms with E-state index in [9.17, 15) is 5.26 Å². The van der Waals surface area contributed by atoms with Crippen molar-refractivity contribution in [2.45, 2.75) is 57.7 Å². The standard InChI is InChI=1S/C25H34FN7S/c1-24(2)13-18(14-25(3,4)32(24)5)29-22-20(26)21(30-23(28)31-22)16-6-7-19(17(12-16)15-27)33-8-10-34-11-9-33/h6-7,12,18H,8-11,13-14H2,1-5H3,(H3,28,29,30,31). The number of aromatic nitrogens is 2. The number of halogens is 1. The lowest BCUT2D eigenvalue weighted by Gasteiger charge is -2.53. The Morgan fingerprint density at radius 2 is 1.79 bits per heavy atom. The maximum atomic E-state index is 15.7. The third kappa shape index (κ3) is 4.80. The topological polar surface area (TPSA) is 94.1 Å². The van der Waals surface area contributed by atoms with Gasteiger partial charge in [-0.05, 0) is 59.7 Å². The van der Waals surface area contributed by atoms with E-state index < -0.39 is 5.82 Å². The van der Waals surface area contributed by atoms with Crippen LogP contribution < -0.4 is 16.0 Å². The lowest BCUT2D eigenvalue weighted by molar-refractivity contribution is -0.00777. The number of nitrogen functional groups attached to an aromatic ring is 1. The highest BCUT2D eigenvalue weighted by Gasteiger charge is 2.43. The number of rotatable bonds is 4. The zero-order valence-corrected chi connectivity index (χ0v) is 21.5. The number of benzene rings is 1. The predicted octanol–water partition coefficient (Wildman–Crippen LogP) is 4.35. The number of piperidine rings is 1. The van der Waals surface area contributed by atoms with Gasteiger partial charge in [-0.1, -0.05) is 6.07 Å². The highest BCUT2D eigenvalue weighted by molar-refractivity contribution is 7.99. The lowest BCUT2D eigenvalue weighted by Crippen LogP contribution is -2.61. The van der Waals surface area contributed by atoms with Crippen molar-refractivity contribution in [3.63, 3.8) is 0 Å². The van der Waals surface area contributed by atoms with Crippen LogP contribution in [0.4, 0.5) is 21.8 Å². The van der Waals surface area contributed by atoms with Gasteiger partial charge < -0.3 is 16.0 Å². The van der Waals surface area contributed by atoms with Crippen molar-refractivity contribution < 1.29 is 4.39 Å². The fourth-order valence-electron chi connectivity index (χ4n) is 5.27. The Morgan fingerprint density at radius 3 is 2.41 bits per heavy atom. The monoisotopic (exact) mass is 483 g/mol. The van der Waals surface area contributed by atoms with E-state index in [2.05, 4.69) is 65.9 Å². The van der Waals surface area contributed by atoms with Crippen molar-refractivity contribution in [1.82, 2.24) is 14.9 Å². The Bertz CT molecular complexity index is 1090. The van der Waals surface area contributed by atoms with Crippen LogP contribution in [0.5, 0.6) is 0 Å². The van der Waals surface area contributed by atoms with Gasteiger partial charge in [-0.3, -0.25) is 4.90 Å². The van der Waals surface area contributed by atoms with E-state index in [-0.39, 0.29) is 34.6 Å². The molecule has 34 heavy (non-hydrogen) atoms. The van der Waals surface area contributed by atoms with Crippen LogP contribution in [0.1, 0.15) is 46.1 Å². The quantitative estimate of drug-likeness (QED) is 0.663. The highest BCUT2D eigenvalue weighted by atomic mass is 32.2. The fraction of sp³-hybridized carbons (Fsp3) is 0.560. The van der Waals surface area contributed by atoms with Crippen LogP contribution in [0.3, 0.4) is 0 Å². The molecule has 0 unspecified atom stereocenters. The number of anilines is 3. The number of nitrogens with zero attached hydrogens (tertiary/aromatic N) is 5. The number of hydrogen-bond donors (Lipinski definition) is 2. The average Bonchev–Trinajstić information content (AvgIpc) is 2.79. The van der Waals surface area contributed by atoms with Gasteiger partial charge in [0.2, 0.25) is 5.95 Å². The molecule has 0 bridgehead atoms. The summed E-state index contributed by atoms with van der Waals surface area (Å²) < 4.78 is 15.7. The summed E-state index contributed by atoms with van der Waals surface area (Å²) in [5, 5.41) is 13.1. The molecule has 3 N–H and O–H groups in total. The molecule has 2 fully saturated rings.